The predicted octanol–water partition coefficient (Wildman–Crippen LogP) is 4.10. The van der Waals surface area contributed by atoms with Gasteiger partial charge in [-0.25, -0.2) is 0 Å². The molecule has 1 heterocycles. The van der Waals surface area contributed by atoms with Gasteiger partial charge >= 0.3 is 0 Å². The number of pyridine rings is 1. The van der Waals surface area contributed by atoms with E-state index in [9.17, 15) is 4.79 Å². The molecule has 0 radical (unpaired) electrons. The Morgan fingerprint density at radius 3 is 2.62 bits per heavy atom. The zero-order valence-electron chi connectivity index (χ0n) is 12.1. The lowest BCUT2D eigenvalue weighted by Gasteiger charge is -2.08. The first-order valence-corrected chi connectivity index (χ1v) is 6.86. The van der Waals surface area contributed by atoms with Gasteiger partial charge in [0.2, 0.25) is 0 Å². The summed E-state index contributed by atoms with van der Waals surface area (Å²) in [5.41, 5.74) is 3.84. The molecule has 0 spiro atoms. The van der Waals surface area contributed by atoms with Gasteiger partial charge in [0, 0.05) is 29.0 Å². The SMILES string of the molecule is Cc1ccc(NC(=O)c2ccc3cnccc3c2)cc1C. The summed E-state index contributed by atoms with van der Waals surface area (Å²) < 4.78 is 0. The van der Waals surface area contributed by atoms with Crippen LogP contribution in [0, 0.1) is 13.8 Å². The number of benzene rings is 2. The Morgan fingerprint density at radius 1 is 0.952 bits per heavy atom. The highest BCUT2D eigenvalue weighted by Crippen LogP contribution is 2.18. The third kappa shape index (κ3) is 2.77. The summed E-state index contributed by atoms with van der Waals surface area (Å²) in [5, 5.41) is 4.98. The molecule has 0 saturated carbocycles. The summed E-state index contributed by atoms with van der Waals surface area (Å²) in [6, 6.07) is 13.4. The molecule has 0 aliphatic carbocycles. The second-order valence-electron chi connectivity index (χ2n) is 5.19. The molecule has 0 atom stereocenters. The van der Waals surface area contributed by atoms with Crippen LogP contribution in [0.15, 0.2) is 54.9 Å². The molecule has 0 aliphatic rings. The Morgan fingerprint density at radius 2 is 1.81 bits per heavy atom. The van der Waals surface area contributed by atoms with E-state index in [1.807, 2.05) is 49.4 Å². The second kappa shape index (κ2) is 5.37. The van der Waals surface area contributed by atoms with Gasteiger partial charge in [0.1, 0.15) is 0 Å². The van der Waals surface area contributed by atoms with Crippen molar-refractivity contribution in [1.82, 2.24) is 4.98 Å². The number of carbonyl (C=O) groups is 1. The molecular weight excluding hydrogens is 260 g/mol. The summed E-state index contributed by atoms with van der Waals surface area (Å²) in [6.45, 7) is 4.09. The lowest BCUT2D eigenvalue weighted by Crippen LogP contribution is -2.11. The van der Waals surface area contributed by atoms with Crippen LogP contribution < -0.4 is 5.32 Å². The molecule has 0 saturated heterocycles. The van der Waals surface area contributed by atoms with Crippen LogP contribution in [0.4, 0.5) is 5.69 Å². The minimum absolute atomic E-state index is 0.100. The summed E-state index contributed by atoms with van der Waals surface area (Å²) in [5.74, 6) is -0.100. The second-order valence-corrected chi connectivity index (χ2v) is 5.19. The maximum absolute atomic E-state index is 12.3. The monoisotopic (exact) mass is 276 g/mol. The van der Waals surface area contributed by atoms with Gasteiger partial charge in [-0.2, -0.15) is 0 Å². The number of aryl methyl sites for hydroxylation is 2. The lowest BCUT2D eigenvalue weighted by atomic mass is 10.1. The molecule has 1 aromatic heterocycles. The number of aromatic nitrogens is 1. The van der Waals surface area contributed by atoms with Gasteiger partial charge in [-0.05, 0) is 60.7 Å². The van der Waals surface area contributed by atoms with Crippen molar-refractivity contribution in [2.75, 3.05) is 5.32 Å². The Kier molecular flexibility index (Phi) is 3.40. The number of hydrogen-bond donors (Lipinski definition) is 1. The Balaban J connectivity index is 1.87. The van der Waals surface area contributed by atoms with Crippen LogP contribution in [0.2, 0.25) is 0 Å². The van der Waals surface area contributed by atoms with Crippen LogP contribution in [0.1, 0.15) is 21.5 Å². The van der Waals surface area contributed by atoms with Gasteiger partial charge in [-0.3, -0.25) is 9.78 Å². The molecule has 1 amide bonds. The molecular formula is C18H16N2O. The molecule has 3 nitrogen and oxygen atoms in total. The number of anilines is 1. The fourth-order valence-electron chi connectivity index (χ4n) is 2.25. The summed E-state index contributed by atoms with van der Waals surface area (Å²) in [4.78, 5) is 16.4. The fourth-order valence-corrected chi connectivity index (χ4v) is 2.25. The van der Waals surface area contributed by atoms with E-state index in [0.717, 1.165) is 22.0 Å². The Hall–Kier alpha value is -2.68. The quantitative estimate of drug-likeness (QED) is 0.765. The lowest BCUT2D eigenvalue weighted by molar-refractivity contribution is 0.102. The molecule has 21 heavy (non-hydrogen) atoms. The molecule has 104 valence electrons. The van der Waals surface area contributed by atoms with Gasteiger partial charge < -0.3 is 5.32 Å². The summed E-state index contributed by atoms with van der Waals surface area (Å²) >= 11 is 0. The third-order valence-corrected chi connectivity index (χ3v) is 3.67. The zero-order chi connectivity index (χ0) is 14.8. The van der Waals surface area contributed by atoms with Gasteiger partial charge in [-0.15, -0.1) is 0 Å². The number of fused-ring (bicyclic) bond motifs is 1. The van der Waals surface area contributed by atoms with Crippen molar-refractivity contribution in [3.8, 4) is 0 Å². The van der Waals surface area contributed by atoms with E-state index in [4.69, 9.17) is 0 Å². The van der Waals surface area contributed by atoms with Crippen molar-refractivity contribution < 1.29 is 4.79 Å². The van der Waals surface area contributed by atoms with Crippen LogP contribution in [-0.4, -0.2) is 10.9 Å². The topological polar surface area (TPSA) is 42.0 Å². The van der Waals surface area contributed by atoms with E-state index >= 15 is 0 Å². The predicted molar refractivity (Wildman–Crippen MR) is 85.6 cm³/mol. The highest BCUT2D eigenvalue weighted by molar-refractivity contribution is 6.06. The zero-order valence-corrected chi connectivity index (χ0v) is 12.1. The van der Waals surface area contributed by atoms with Gasteiger partial charge in [0.05, 0.1) is 0 Å². The third-order valence-electron chi connectivity index (χ3n) is 3.67. The van der Waals surface area contributed by atoms with Crippen molar-refractivity contribution in [3.05, 3.63) is 71.5 Å². The van der Waals surface area contributed by atoms with E-state index in [2.05, 4.69) is 17.2 Å². The van der Waals surface area contributed by atoms with E-state index in [-0.39, 0.29) is 5.91 Å². The number of nitrogens with one attached hydrogen (secondary N) is 1. The molecule has 0 aliphatic heterocycles. The first-order chi connectivity index (χ1) is 10.1. The molecule has 3 rings (SSSR count). The van der Waals surface area contributed by atoms with Crippen LogP contribution in [0.5, 0.6) is 0 Å². The standard InChI is InChI=1S/C18H16N2O/c1-12-3-6-17(9-13(12)2)20-18(21)15-4-5-16-11-19-8-7-14(16)10-15/h3-11H,1-2H3,(H,20,21). The molecule has 0 fully saturated rings. The molecule has 0 unspecified atom stereocenters. The number of nitrogens with zero attached hydrogens (tertiary/aromatic N) is 1. The van der Waals surface area contributed by atoms with Crippen LogP contribution >= 0.6 is 0 Å². The van der Waals surface area contributed by atoms with Crippen molar-refractivity contribution >= 4 is 22.4 Å². The highest BCUT2D eigenvalue weighted by atomic mass is 16.1. The van der Waals surface area contributed by atoms with Gasteiger partial charge in [-0.1, -0.05) is 12.1 Å². The smallest absolute Gasteiger partial charge is 0.255 e. The minimum atomic E-state index is -0.100. The maximum Gasteiger partial charge on any atom is 0.255 e. The molecule has 0 bridgehead atoms. The first-order valence-electron chi connectivity index (χ1n) is 6.86. The average Bonchev–Trinajstić information content (AvgIpc) is 2.50. The van der Waals surface area contributed by atoms with Crippen molar-refractivity contribution in [2.24, 2.45) is 0 Å². The number of rotatable bonds is 2. The molecule has 3 heteroatoms. The largest absolute Gasteiger partial charge is 0.322 e. The van der Waals surface area contributed by atoms with E-state index in [1.54, 1.807) is 12.4 Å². The minimum Gasteiger partial charge on any atom is -0.322 e. The van der Waals surface area contributed by atoms with E-state index in [1.165, 1.54) is 5.56 Å². The molecule has 3 aromatic rings. The Labute approximate surface area is 123 Å². The molecule has 2 aromatic carbocycles. The number of amides is 1. The van der Waals surface area contributed by atoms with Crippen molar-refractivity contribution in [1.29, 1.82) is 0 Å². The average molecular weight is 276 g/mol. The van der Waals surface area contributed by atoms with Gasteiger partial charge in [0.25, 0.3) is 5.91 Å². The summed E-state index contributed by atoms with van der Waals surface area (Å²) in [7, 11) is 0. The first kappa shape index (κ1) is 13.3. The maximum atomic E-state index is 12.3. The van der Waals surface area contributed by atoms with Gasteiger partial charge in [0.15, 0.2) is 0 Å². The summed E-state index contributed by atoms with van der Waals surface area (Å²) in [6.07, 6.45) is 3.52. The van der Waals surface area contributed by atoms with Crippen LogP contribution in [-0.2, 0) is 0 Å². The van der Waals surface area contributed by atoms with Crippen molar-refractivity contribution in [2.45, 2.75) is 13.8 Å². The Bertz CT molecular complexity index is 824. The van der Waals surface area contributed by atoms with Crippen LogP contribution in [0.3, 0.4) is 0 Å². The normalized spacial score (nSPS) is 10.6. The highest BCUT2D eigenvalue weighted by Gasteiger charge is 2.07. The fraction of sp³-hybridized carbons (Fsp3) is 0.111. The van der Waals surface area contributed by atoms with Crippen molar-refractivity contribution in [3.63, 3.8) is 0 Å². The molecule has 1 N–H and O–H groups in total. The van der Waals surface area contributed by atoms with Crippen LogP contribution in [0.25, 0.3) is 10.8 Å². The number of hydrogen-bond acceptors (Lipinski definition) is 2. The van der Waals surface area contributed by atoms with E-state index in [0.29, 0.717) is 5.56 Å². The number of carbonyl (C=O) groups excluding carboxylic acids is 1. The van der Waals surface area contributed by atoms with E-state index < -0.39 is 0 Å².